The van der Waals surface area contributed by atoms with E-state index < -0.39 is 5.91 Å². The summed E-state index contributed by atoms with van der Waals surface area (Å²) in [6, 6.07) is 6.79. The highest BCUT2D eigenvalue weighted by molar-refractivity contribution is 5.76. The van der Waals surface area contributed by atoms with Crippen molar-refractivity contribution in [2.45, 2.75) is 6.42 Å². The van der Waals surface area contributed by atoms with Crippen molar-refractivity contribution in [3.05, 3.63) is 29.3 Å². The molecule has 15 heavy (non-hydrogen) atoms. The average Bonchev–Trinajstić information content (AvgIpc) is 2.17. The van der Waals surface area contributed by atoms with Crippen LogP contribution in [0, 0.1) is 23.2 Å². The number of carbonyl (C=O) groups is 1. The van der Waals surface area contributed by atoms with Gasteiger partial charge in [0.25, 0.3) is 0 Å². The van der Waals surface area contributed by atoms with Gasteiger partial charge < -0.3 is 11.5 Å². The van der Waals surface area contributed by atoms with Crippen LogP contribution >= 0.6 is 0 Å². The first-order valence-electron chi connectivity index (χ1n) is 4.20. The Bertz CT molecular complexity index is 489. The van der Waals surface area contributed by atoms with Crippen molar-refractivity contribution >= 4 is 11.6 Å². The Morgan fingerprint density at radius 1 is 1.40 bits per heavy atom. The van der Waals surface area contributed by atoms with Crippen LogP contribution in [0.2, 0.25) is 0 Å². The average molecular weight is 199 g/mol. The summed E-state index contributed by atoms with van der Waals surface area (Å²) in [5, 5.41) is 8.77. The molecule has 0 unspecified atom stereocenters. The fourth-order valence-electron chi connectivity index (χ4n) is 0.989. The number of nitrogens with two attached hydrogens (primary N) is 2. The van der Waals surface area contributed by atoms with E-state index in [2.05, 4.69) is 11.8 Å². The molecule has 1 rings (SSSR count). The van der Waals surface area contributed by atoms with E-state index >= 15 is 0 Å². The largest absolute Gasteiger partial charge is 0.399 e. The minimum Gasteiger partial charge on any atom is -0.399 e. The summed E-state index contributed by atoms with van der Waals surface area (Å²) in [7, 11) is 0. The van der Waals surface area contributed by atoms with E-state index in [0.717, 1.165) is 0 Å². The summed E-state index contributed by atoms with van der Waals surface area (Å²) in [4.78, 5) is 10.4. The highest BCUT2D eigenvalue weighted by Crippen LogP contribution is 2.11. The molecule has 4 heteroatoms. The molecule has 0 saturated carbocycles. The summed E-state index contributed by atoms with van der Waals surface area (Å²) < 4.78 is 0. The van der Waals surface area contributed by atoms with Crippen molar-refractivity contribution < 1.29 is 4.79 Å². The predicted octanol–water partition coefficient (Wildman–Crippen LogP) is 0.367. The van der Waals surface area contributed by atoms with Gasteiger partial charge in [0.1, 0.15) is 6.07 Å². The molecule has 1 amide bonds. The number of hydrogen-bond donors (Lipinski definition) is 2. The third-order valence-electron chi connectivity index (χ3n) is 1.65. The molecule has 0 aromatic heterocycles. The molecule has 0 aliphatic carbocycles. The van der Waals surface area contributed by atoms with Gasteiger partial charge in [-0.1, -0.05) is 11.8 Å². The molecule has 1 aromatic rings. The highest BCUT2D eigenvalue weighted by Gasteiger charge is 1.98. The summed E-state index contributed by atoms with van der Waals surface area (Å²) in [6.07, 6.45) is -0.0281. The number of nitriles is 1. The Balaban J connectivity index is 3.01. The zero-order valence-corrected chi connectivity index (χ0v) is 7.95. The Kier molecular flexibility index (Phi) is 3.32. The van der Waals surface area contributed by atoms with Gasteiger partial charge in [-0.2, -0.15) is 5.26 Å². The first-order chi connectivity index (χ1) is 7.13. The van der Waals surface area contributed by atoms with Crippen molar-refractivity contribution in [1.29, 1.82) is 5.26 Å². The normalized spacial score (nSPS) is 8.47. The van der Waals surface area contributed by atoms with Crippen molar-refractivity contribution in [2.24, 2.45) is 5.73 Å². The number of amides is 1. The molecular weight excluding hydrogens is 190 g/mol. The van der Waals surface area contributed by atoms with Gasteiger partial charge in [-0.15, -0.1) is 0 Å². The van der Waals surface area contributed by atoms with Crippen LogP contribution in [-0.4, -0.2) is 5.91 Å². The van der Waals surface area contributed by atoms with Crippen LogP contribution in [0.3, 0.4) is 0 Å². The monoisotopic (exact) mass is 199 g/mol. The Labute approximate surface area is 87.5 Å². The summed E-state index contributed by atoms with van der Waals surface area (Å²) in [5.41, 5.74) is 11.9. The standard InChI is InChI=1S/C11H9N3O/c12-7-9-4-5-10(13)6-8(9)2-1-3-11(14)15/h4-6H,3,13H2,(H2,14,15). The first-order valence-corrected chi connectivity index (χ1v) is 4.20. The molecule has 0 saturated heterocycles. The fraction of sp³-hybridized carbons (Fsp3) is 0.0909. The molecular formula is C11H9N3O. The maximum absolute atomic E-state index is 10.4. The molecule has 4 N–H and O–H groups in total. The molecule has 0 bridgehead atoms. The molecule has 74 valence electrons. The smallest absolute Gasteiger partial charge is 0.229 e. The van der Waals surface area contributed by atoms with Crippen LogP contribution in [0.1, 0.15) is 17.5 Å². The van der Waals surface area contributed by atoms with Gasteiger partial charge in [0.15, 0.2) is 0 Å². The van der Waals surface area contributed by atoms with Crippen LogP contribution in [0.5, 0.6) is 0 Å². The summed E-state index contributed by atoms with van der Waals surface area (Å²) >= 11 is 0. The zero-order chi connectivity index (χ0) is 11.3. The second-order valence-electron chi connectivity index (χ2n) is 2.86. The van der Waals surface area contributed by atoms with E-state index in [-0.39, 0.29) is 6.42 Å². The number of carbonyl (C=O) groups excluding carboxylic acids is 1. The molecule has 0 aliphatic heterocycles. The maximum atomic E-state index is 10.4. The molecule has 0 aliphatic rings. The van der Waals surface area contributed by atoms with E-state index in [4.69, 9.17) is 16.7 Å². The number of benzene rings is 1. The van der Waals surface area contributed by atoms with Crippen molar-refractivity contribution in [2.75, 3.05) is 5.73 Å². The summed E-state index contributed by atoms with van der Waals surface area (Å²) in [5.74, 6) is 4.76. The van der Waals surface area contributed by atoms with Crippen LogP contribution in [0.25, 0.3) is 0 Å². The van der Waals surface area contributed by atoms with Gasteiger partial charge in [-0.25, -0.2) is 0 Å². The molecule has 0 spiro atoms. The van der Waals surface area contributed by atoms with Crippen LogP contribution in [-0.2, 0) is 4.79 Å². The highest BCUT2D eigenvalue weighted by atomic mass is 16.1. The molecule has 4 nitrogen and oxygen atoms in total. The molecule has 0 atom stereocenters. The summed E-state index contributed by atoms with van der Waals surface area (Å²) in [6.45, 7) is 0. The van der Waals surface area contributed by atoms with Gasteiger partial charge >= 0.3 is 0 Å². The van der Waals surface area contributed by atoms with E-state index in [1.807, 2.05) is 6.07 Å². The number of anilines is 1. The lowest BCUT2D eigenvalue weighted by atomic mass is 10.1. The zero-order valence-electron chi connectivity index (χ0n) is 7.95. The van der Waals surface area contributed by atoms with Gasteiger partial charge in [0.2, 0.25) is 5.91 Å². The Hall–Kier alpha value is -2.46. The van der Waals surface area contributed by atoms with E-state index in [0.29, 0.717) is 16.8 Å². The van der Waals surface area contributed by atoms with Crippen molar-refractivity contribution in [3.63, 3.8) is 0 Å². The Morgan fingerprint density at radius 2 is 2.13 bits per heavy atom. The molecule has 0 heterocycles. The van der Waals surface area contributed by atoms with E-state index in [1.54, 1.807) is 18.2 Å². The molecule has 0 radical (unpaired) electrons. The Morgan fingerprint density at radius 3 is 2.73 bits per heavy atom. The van der Waals surface area contributed by atoms with Crippen LogP contribution < -0.4 is 11.5 Å². The van der Waals surface area contributed by atoms with Gasteiger partial charge in [-0.3, -0.25) is 4.79 Å². The second kappa shape index (κ2) is 4.69. The van der Waals surface area contributed by atoms with Crippen molar-refractivity contribution in [3.8, 4) is 17.9 Å². The lowest BCUT2D eigenvalue weighted by Gasteiger charge is -1.96. The SMILES string of the molecule is N#Cc1ccc(N)cc1C#CCC(N)=O. The molecule has 0 fully saturated rings. The van der Waals surface area contributed by atoms with E-state index in [9.17, 15) is 4.79 Å². The molecule has 1 aromatic carbocycles. The quantitative estimate of drug-likeness (QED) is 0.505. The van der Waals surface area contributed by atoms with Crippen LogP contribution in [0.15, 0.2) is 18.2 Å². The maximum Gasteiger partial charge on any atom is 0.229 e. The number of rotatable bonds is 1. The third kappa shape index (κ3) is 3.06. The number of nitrogens with zero attached hydrogens (tertiary/aromatic N) is 1. The third-order valence-corrected chi connectivity index (χ3v) is 1.65. The van der Waals surface area contributed by atoms with Gasteiger partial charge in [-0.05, 0) is 18.2 Å². The fourth-order valence-corrected chi connectivity index (χ4v) is 0.989. The second-order valence-corrected chi connectivity index (χ2v) is 2.86. The topological polar surface area (TPSA) is 92.9 Å². The van der Waals surface area contributed by atoms with Crippen LogP contribution in [0.4, 0.5) is 5.69 Å². The number of hydrogen-bond acceptors (Lipinski definition) is 3. The number of primary amides is 1. The van der Waals surface area contributed by atoms with Gasteiger partial charge in [0, 0.05) is 11.3 Å². The number of nitrogen functional groups attached to an aromatic ring is 1. The lowest BCUT2D eigenvalue weighted by Crippen LogP contribution is -2.08. The van der Waals surface area contributed by atoms with Gasteiger partial charge in [0.05, 0.1) is 12.0 Å². The minimum absolute atomic E-state index is 0.0281. The first kappa shape index (κ1) is 10.6. The minimum atomic E-state index is -0.495. The lowest BCUT2D eigenvalue weighted by molar-refractivity contribution is -0.117. The van der Waals surface area contributed by atoms with E-state index in [1.165, 1.54) is 0 Å². The predicted molar refractivity (Wildman–Crippen MR) is 56.3 cm³/mol. The van der Waals surface area contributed by atoms with Crippen molar-refractivity contribution in [1.82, 2.24) is 0 Å².